The first-order valence-electron chi connectivity index (χ1n) is 6.83. The highest BCUT2D eigenvalue weighted by molar-refractivity contribution is 7.80. The predicted octanol–water partition coefficient (Wildman–Crippen LogP) is 2.72. The second kappa shape index (κ2) is 8.36. The number of carbonyl (C=O) groups excluding carboxylic acids is 2. The Morgan fingerprint density at radius 1 is 1.33 bits per heavy atom. The van der Waals surface area contributed by atoms with Crippen LogP contribution in [0.15, 0.2) is 24.3 Å². The van der Waals surface area contributed by atoms with E-state index in [2.05, 4.69) is 10.6 Å². The van der Waals surface area contributed by atoms with Crippen molar-refractivity contribution >= 4 is 34.9 Å². The first-order chi connectivity index (χ1) is 9.93. The number of hydrogen-bond donors (Lipinski definition) is 2. The van der Waals surface area contributed by atoms with Crippen LogP contribution in [0.3, 0.4) is 0 Å². The molecular weight excluding hydrogens is 288 g/mol. The standard InChI is InChI=1S/C15H20N2O3S/c1-4-8-20-14(19)11-6-5-7-12(9-11)16-15(21)17-13(18)10(2)3/h5-7,9-10H,4,8H2,1-3H3,(H2,16,17,18,21). The monoisotopic (exact) mass is 308 g/mol. The third-order valence-corrected chi connectivity index (χ3v) is 2.76. The van der Waals surface area contributed by atoms with Gasteiger partial charge in [0.25, 0.3) is 0 Å². The summed E-state index contributed by atoms with van der Waals surface area (Å²) in [6.07, 6.45) is 0.773. The molecule has 2 N–H and O–H groups in total. The molecule has 0 radical (unpaired) electrons. The van der Waals surface area contributed by atoms with Gasteiger partial charge >= 0.3 is 5.97 Å². The Labute approximate surface area is 130 Å². The fraction of sp³-hybridized carbons (Fsp3) is 0.400. The van der Waals surface area contributed by atoms with Gasteiger partial charge in [-0.25, -0.2) is 4.79 Å². The van der Waals surface area contributed by atoms with Crippen LogP contribution >= 0.6 is 12.2 Å². The minimum absolute atomic E-state index is 0.153. The van der Waals surface area contributed by atoms with Gasteiger partial charge in [0.2, 0.25) is 5.91 Å². The summed E-state index contributed by atoms with van der Waals surface area (Å²) in [4.78, 5) is 23.3. The minimum Gasteiger partial charge on any atom is -0.462 e. The van der Waals surface area contributed by atoms with E-state index in [9.17, 15) is 9.59 Å². The van der Waals surface area contributed by atoms with E-state index in [1.165, 1.54) is 0 Å². The van der Waals surface area contributed by atoms with Gasteiger partial charge in [-0.05, 0) is 36.8 Å². The van der Waals surface area contributed by atoms with Crippen LogP contribution in [-0.2, 0) is 9.53 Å². The number of nitrogens with one attached hydrogen (secondary N) is 2. The normalized spacial score (nSPS) is 10.1. The summed E-state index contributed by atoms with van der Waals surface area (Å²) >= 11 is 5.05. The molecule has 0 saturated heterocycles. The predicted molar refractivity (Wildman–Crippen MR) is 86.2 cm³/mol. The fourth-order valence-electron chi connectivity index (χ4n) is 1.42. The van der Waals surface area contributed by atoms with E-state index in [0.717, 1.165) is 6.42 Å². The second-order valence-electron chi connectivity index (χ2n) is 4.81. The van der Waals surface area contributed by atoms with E-state index in [4.69, 9.17) is 17.0 Å². The summed E-state index contributed by atoms with van der Waals surface area (Å²) in [5.74, 6) is -0.691. The van der Waals surface area contributed by atoms with Crippen molar-refractivity contribution in [3.05, 3.63) is 29.8 Å². The lowest BCUT2D eigenvalue weighted by atomic mass is 10.2. The average molecular weight is 308 g/mol. The lowest BCUT2D eigenvalue weighted by Crippen LogP contribution is -2.36. The first-order valence-corrected chi connectivity index (χ1v) is 7.24. The summed E-state index contributed by atoms with van der Waals surface area (Å²) in [7, 11) is 0. The van der Waals surface area contributed by atoms with E-state index < -0.39 is 0 Å². The minimum atomic E-state index is -0.377. The number of anilines is 1. The van der Waals surface area contributed by atoms with Crippen molar-refractivity contribution in [1.82, 2.24) is 5.32 Å². The molecule has 1 aromatic rings. The molecule has 1 aromatic carbocycles. The molecule has 0 aliphatic rings. The van der Waals surface area contributed by atoms with E-state index in [1.54, 1.807) is 38.1 Å². The van der Waals surface area contributed by atoms with Crippen LogP contribution in [0.5, 0.6) is 0 Å². The first kappa shape index (κ1) is 17.1. The van der Waals surface area contributed by atoms with Gasteiger partial charge in [-0.15, -0.1) is 0 Å². The topological polar surface area (TPSA) is 67.4 Å². The molecule has 1 rings (SSSR count). The molecule has 0 spiro atoms. The van der Waals surface area contributed by atoms with Crippen LogP contribution in [0, 0.1) is 5.92 Å². The van der Waals surface area contributed by atoms with Crippen molar-refractivity contribution in [2.75, 3.05) is 11.9 Å². The third-order valence-electron chi connectivity index (χ3n) is 2.55. The molecule has 0 bridgehead atoms. The maximum Gasteiger partial charge on any atom is 0.338 e. The van der Waals surface area contributed by atoms with Crippen LogP contribution in [0.25, 0.3) is 0 Å². The maximum absolute atomic E-state index is 11.8. The Bertz CT molecular complexity index is 529. The zero-order valence-electron chi connectivity index (χ0n) is 12.4. The smallest absolute Gasteiger partial charge is 0.338 e. The molecule has 0 fully saturated rings. The van der Waals surface area contributed by atoms with Gasteiger partial charge in [0.1, 0.15) is 0 Å². The number of thiocarbonyl (C=S) groups is 1. The van der Waals surface area contributed by atoms with Crippen molar-refractivity contribution in [3.63, 3.8) is 0 Å². The van der Waals surface area contributed by atoms with Gasteiger partial charge in [-0.2, -0.15) is 0 Å². The van der Waals surface area contributed by atoms with Gasteiger partial charge < -0.3 is 15.4 Å². The van der Waals surface area contributed by atoms with E-state index >= 15 is 0 Å². The number of amides is 1. The van der Waals surface area contributed by atoms with Crippen LogP contribution < -0.4 is 10.6 Å². The lowest BCUT2D eigenvalue weighted by molar-refractivity contribution is -0.122. The number of esters is 1. The number of hydrogen-bond acceptors (Lipinski definition) is 4. The van der Waals surface area contributed by atoms with Gasteiger partial charge in [-0.3, -0.25) is 4.79 Å². The summed E-state index contributed by atoms with van der Waals surface area (Å²) in [6, 6.07) is 6.77. The van der Waals surface area contributed by atoms with Crippen molar-refractivity contribution in [3.8, 4) is 0 Å². The molecule has 0 atom stereocenters. The van der Waals surface area contributed by atoms with E-state index in [-0.39, 0.29) is 22.9 Å². The third kappa shape index (κ3) is 5.91. The Hall–Kier alpha value is -1.95. The zero-order chi connectivity index (χ0) is 15.8. The molecule has 1 amide bonds. The Morgan fingerprint density at radius 2 is 2.05 bits per heavy atom. The second-order valence-corrected chi connectivity index (χ2v) is 5.22. The average Bonchev–Trinajstić information content (AvgIpc) is 2.44. The van der Waals surface area contributed by atoms with Gasteiger partial charge in [-0.1, -0.05) is 26.8 Å². The fourth-order valence-corrected chi connectivity index (χ4v) is 1.64. The Balaban J connectivity index is 2.66. The van der Waals surface area contributed by atoms with Gasteiger partial charge in [0.15, 0.2) is 5.11 Å². The lowest BCUT2D eigenvalue weighted by Gasteiger charge is -2.11. The van der Waals surface area contributed by atoms with Crippen LogP contribution in [0.2, 0.25) is 0 Å². The molecule has 21 heavy (non-hydrogen) atoms. The molecular formula is C15H20N2O3S. The molecule has 0 aliphatic heterocycles. The largest absolute Gasteiger partial charge is 0.462 e. The Morgan fingerprint density at radius 3 is 2.67 bits per heavy atom. The van der Waals surface area contributed by atoms with Gasteiger partial charge in [0, 0.05) is 11.6 Å². The highest BCUT2D eigenvalue weighted by Crippen LogP contribution is 2.12. The number of carbonyl (C=O) groups is 2. The molecule has 0 aliphatic carbocycles. The summed E-state index contributed by atoms with van der Waals surface area (Å²) in [5, 5.41) is 5.65. The quantitative estimate of drug-likeness (QED) is 0.646. The summed E-state index contributed by atoms with van der Waals surface area (Å²) in [5.41, 5.74) is 1.06. The van der Waals surface area contributed by atoms with Crippen molar-refractivity contribution in [1.29, 1.82) is 0 Å². The van der Waals surface area contributed by atoms with E-state index in [0.29, 0.717) is 17.9 Å². The van der Waals surface area contributed by atoms with Crippen LogP contribution in [0.1, 0.15) is 37.6 Å². The summed E-state index contributed by atoms with van der Waals surface area (Å²) < 4.78 is 5.06. The van der Waals surface area contributed by atoms with Gasteiger partial charge in [0.05, 0.1) is 12.2 Å². The van der Waals surface area contributed by atoms with Crippen LogP contribution in [0.4, 0.5) is 5.69 Å². The van der Waals surface area contributed by atoms with E-state index in [1.807, 2.05) is 6.92 Å². The van der Waals surface area contributed by atoms with Crippen molar-refractivity contribution < 1.29 is 14.3 Å². The summed E-state index contributed by atoms with van der Waals surface area (Å²) in [6.45, 7) is 5.88. The van der Waals surface area contributed by atoms with Crippen molar-refractivity contribution in [2.24, 2.45) is 5.92 Å². The zero-order valence-corrected chi connectivity index (χ0v) is 13.3. The molecule has 114 valence electrons. The molecule has 6 heteroatoms. The van der Waals surface area contributed by atoms with Crippen LogP contribution in [-0.4, -0.2) is 23.6 Å². The highest BCUT2D eigenvalue weighted by Gasteiger charge is 2.10. The molecule has 0 heterocycles. The molecule has 5 nitrogen and oxygen atoms in total. The maximum atomic E-state index is 11.8. The number of ether oxygens (including phenoxy) is 1. The molecule has 0 unspecified atom stereocenters. The molecule has 0 saturated carbocycles. The number of rotatable bonds is 5. The molecule has 0 aromatic heterocycles. The van der Waals surface area contributed by atoms with Crippen molar-refractivity contribution in [2.45, 2.75) is 27.2 Å². The highest BCUT2D eigenvalue weighted by atomic mass is 32.1. The Kier molecular flexibility index (Phi) is 6.81. The SMILES string of the molecule is CCCOC(=O)c1cccc(NC(=S)NC(=O)C(C)C)c1. The number of benzene rings is 1.